The van der Waals surface area contributed by atoms with E-state index in [1.54, 1.807) is 16.2 Å². The molecule has 2 heterocycles. The van der Waals surface area contributed by atoms with E-state index in [4.69, 9.17) is 0 Å². The molecule has 1 saturated heterocycles. The normalized spacial score (nSPS) is 19.9. The van der Waals surface area contributed by atoms with Crippen molar-refractivity contribution in [3.05, 3.63) is 22.4 Å². The minimum absolute atomic E-state index is 0.0152. The zero-order chi connectivity index (χ0) is 13.8. The number of rotatable bonds is 5. The number of hydrogen-bond acceptors (Lipinski definition) is 3. The molecular formula is C14H20N2O2S. The monoisotopic (exact) mass is 280 g/mol. The first-order valence-electron chi connectivity index (χ1n) is 6.66. The van der Waals surface area contributed by atoms with E-state index in [2.05, 4.69) is 30.6 Å². The van der Waals surface area contributed by atoms with Gasteiger partial charge in [-0.25, -0.2) is 0 Å². The van der Waals surface area contributed by atoms with Crippen LogP contribution in [0.2, 0.25) is 0 Å². The molecule has 0 bridgehead atoms. The molecule has 1 aliphatic heterocycles. The number of nitrogens with one attached hydrogen (secondary N) is 1. The van der Waals surface area contributed by atoms with Gasteiger partial charge in [-0.1, -0.05) is 13.8 Å². The molecule has 0 radical (unpaired) electrons. The second-order valence-corrected chi connectivity index (χ2v) is 6.11. The van der Waals surface area contributed by atoms with Crippen molar-refractivity contribution in [2.75, 3.05) is 13.1 Å². The first kappa shape index (κ1) is 14.1. The highest BCUT2D eigenvalue weighted by Crippen LogP contribution is 2.16. The molecule has 0 aliphatic carbocycles. The molecule has 1 aliphatic rings. The minimum atomic E-state index is -0.306. The Morgan fingerprint density at radius 3 is 2.89 bits per heavy atom. The summed E-state index contributed by atoms with van der Waals surface area (Å²) in [6.45, 7) is 4.91. The van der Waals surface area contributed by atoms with Crippen molar-refractivity contribution in [3.8, 4) is 0 Å². The number of hydrogen-bond donors (Lipinski definition) is 1. The van der Waals surface area contributed by atoms with Crippen LogP contribution < -0.4 is 5.32 Å². The quantitative estimate of drug-likeness (QED) is 0.892. The van der Waals surface area contributed by atoms with Crippen molar-refractivity contribution in [1.29, 1.82) is 0 Å². The molecule has 0 aromatic carbocycles. The fourth-order valence-corrected chi connectivity index (χ4v) is 3.05. The van der Waals surface area contributed by atoms with Crippen molar-refractivity contribution in [1.82, 2.24) is 10.2 Å². The summed E-state index contributed by atoms with van der Waals surface area (Å²) >= 11 is 1.66. The lowest BCUT2D eigenvalue weighted by atomic mass is 9.99. The second kappa shape index (κ2) is 6.19. The lowest BCUT2D eigenvalue weighted by Gasteiger charge is -2.35. The van der Waals surface area contributed by atoms with Crippen LogP contribution >= 0.6 is 11.3 Å². The second-order valence-electron chi connectivity index (χ2n) is 5.33. The smallest absolute Gasteiger partial charge is 0.243 e. The van der Waals surface area contributed by atoms with Crippen molar-refractivity contribution < 1.29 is 9.59 Å². The van der Waals surface area contributed by atoms with Gasteiger partial charge in [0, 0.05) is 6.54 Å². The predicted octanol–water partition coefficient (Wildman–Crippen LogP) is 1.66. The molecule has 1 aromatic heterocycles. The van der Waals surface area contributed by atoms with Crippen molar-refractivity contribution in [3.63, 3.8) is 0 Å². The van der Waals surface area contributed by atoms with Crippen LogP contribution in [-0.4, -0.2) is 35.8 Å². The van der Waals surface area contributed by atoms with E-state index in [1.807, 2.05) is 5.38 Å². The van der Waals surface area contributed by atoms with Crippen molar-refractivity contribution in [2.45, 2.75) is 32.7 Å². The Balaban J connectivity index is 2.03. The Labute approximate surface area is 117 Å². The Kier molecular flexibility index (Phi) is 4.58. The molecule has 1 atom stereocenters. The molecule has 0 saturated carbocycles. The lowest BCUT2D eigenvalue weighted by molar-refractivity contribution is -0.146. The maximum absolute atomic E-state index is 12.0. The van der Waals surface area contributed by atoms with E-state index < -0.39 is 0 Å². The molecule has 104 valence electrons. The molecule has 1 aromatic rings. The number of carbonyl (C=O) groups excluding carboxylic acids is 2. The molecule has 1 N–H and O–H groups in total. The van der Waals surface area contributed by atoms with Gasteiger partial charge in [-0.05, 0) is 41.1 Å². The van der Waals surface area contributed by atoms with Gasteiger partial charge in [0.25, 0.3) is 0 Å². The maximum Gasteiger partial charge on any atom is 0.243 e. The average Bonchev–Trinajstić information content (AvgIpc) is 2.86. The highest BCUT2D eigenvalue weighted by atomic mass is 32.1. The van der Waals surface area contributed by atoms with E-state index in [0.29, 0.717) is 12.5 Å². The molecule has 1 unspecified atom stereocenters. The maximum atomic E-state index is 12.0. The molecule has 2 amide bonds. The van der Waals surface area contributed by atoms with Gasteiger partial charge in [-0.15, -0.1) is 0 Å². The highest BCUT2D eigenvalue weighted by Gasteiger charge is 2.34. The van der Waals surface area contributed by atoms with Gasteiger partial charge in [0.05, 0.1) is 6.54 Å². The van der Waals surface area contributed by atoms with E-state index in [-0.39, 0.29) is 24.4 Å². The zero-order valence-electron chi connectivity index (χ0n) is 11.4. The number of amides is 2. The third kappa shape index (κ3) is 3.56. The number of nitrogens with zero attached hydrogens (tertiary/aromatic N) is 1. The van der Waals surface area contributed by atoms with E-state index in [9.17, 15) is 9.59 Å². The van der Waals surface area contributed by atoms with Crippen molar-refractivity contribution in [2.24, 2.45) is 5.92 Å². The molecule has 2 rings (SSSR count). The zero-order valence-corrected chi connectivity index (χ0v) is 12.2. The number of carbonyl (C=O) groups is 2. The Bertz CT molecular complexity index is 442. The molecule has 1 fully saturated rings. The van der Waals surface area contributed by atoms with Crippen LogP contribution in [0, 0.1) is 5.92 Å². The van der Waals surface area contributed by atoms with E-state index >= 15 is 0 Å². The predicted molar refractivity (Wildman–Crippen MR) is 76.0 cm³/mol. The summed E-state index contributed by atoms with van der Waals surface area (Å²) in [5, 5.41) is 6.80. The van der Waals surface area contributed by atoms with E-state index in [1.165, 1.54) is 5.56 Å². The third-order valence-electron chi connectivity index (χ3n) is 3.33. The summed E-state index contributed by atoms with van der Waals surface area (Å²) in [5.41, 5.74) is 1.23. The van der Waals surface area contributed by atoms with Crippen LogP contribution in [0.1, 0.15) is 25.8 Å². The Morgan fingerprint density at radius 2 is 2.26 bits per heavy atom. The number of piperazine rings is 1. The van der Waals surface area contributed by atoms with Gasteiger partial charge in [0.15, 0.2) is 0 Å². The molecule has 5 heteroatoms. The molecule has 4 nitrogen and oxygen atoms in total. The summed E-state index contributed by atoms with van der Waals surface area (Å²) < 4.78 is 0. The summed E-state index contributed by atoms with van der Waals surface area (Å²) in [6.07, 6.45) is 1.54. The summed E-state index contributed by atoms with van der Waals surface area (Å²) in [7, 11) is 0. The van der Waals surface area contributed by atoms with Gasteiger partial charge >= 0.3 is 0 Å². The summed E-state index contributed by atoms with van der Waals surface area (Å²) in [5.74, 6) is 0.407. The fraction of sp³-hybridized carbons (Fsp3) is 0.571. The first-order valence-corrected chi connectivity index (χ1v) is 7.60. The summed E-state index contributed by atoms with van der Waals surface area (Å²) in [4.78, 5) is 25.7. The van der Waals surface area contributed by atoms with Crippen LogP contribution in [0.5, 0.6) is 0 Å². The van der Waals surface area contributed by atoms with Gasteiger partial charge in [-0.2, -0.15) is 11.3 Å². The molecule has 19 heavy (non-hydrogen) atoms. The first-order chi connectivity index (χ1) is 9.08. The lowest BCUT2D eigenvalue weighted by Crippen LogP contribution is -2.59. The topological polar surface area (TPSA) is 49.4 Å². The van der Waals surface area contributed by atoms with Gasteiger partial charge < -0.3 is 10.2 Å². The SMILES string of the molecule is CC(C)CC1C(=O)NCC(=O)N1CCc1ccsc1. The van der Waals surface area contributed by atoms with Crippen LogP contribution in [0.25, 0.3) is 0 Å². The number of thiophene rings is 1. The molecule has 0 spiro atoms. The summed E-state index contributed by atoms with van der Waals surface area (Å²) in [6, 6.07) is 1.76. The van der Waals surface area contributed by atoms with Crippen molar-refractivity contribution >= 4 is 23.2 Å². The van der Waals surface area contributed by atoms with Crippen LogP contribution in [0.4, 0.5) is 0 Å². The minimum Gasteiger partial charge on any atom is -0.345 e. The highest BCUT2D eigenvalue weighted by molar-refractivity contribution is 7.07. The standard InChI is InChI=1S/C14H20N2O2S/c1-10(2)7-12-14(18)15-8-13(17)16(12)5-3-11-4-6-19-9-11/h4,6,9-10,12H,3,5,7-8H2,1-2H3,(H,15,18). The average molecular weight is 280 g/mol. The van der Waals surface area contributed by atoms with E-state index in [0.717, 1.165) is 12.8 Å². The largest absolute Gasteiger partial charge is 0.345 e. The van der Waals surface area contributed by atoms with Gasteiger partial charge in [0.2, 0.25) is 11.8 Å². The fourth-order valence-electron chi connectivity index (χ4n) is 2.34. The van der Waals surface area contributed by atoms with Crippen LogP contribution in [0.15, 0.2) is 16.8 Å². The van der Waals surface area contributed by atoms with Crippen LogP contribution in [-0.2, 0) is 16.0 Å². The Morgan fingerprint density at radius 1 is 1.47 bits per heavy atom. The van der Waals surface area contributed by atoms with Gasteiger partial charge in [0.1, 0.15) is 6.04 Å². The Hall–Kier alpha value is -1.36. The molecular weight excluding hydrogens is 260 g/mol. The van der Waals surface area contributed by atoms with Gasteiger partial charge in [-0.3, -0.25) is 9.59 Å². The third-order valence-corrected chi connectivity index (χ3v) is 4.06. The van der Waals surface area contributed by atoms with Crippen LogP contribution in [0.3, 0.4) is 0 Å².